The summed E-state index contributed by atoms with van der Waals surface area (Å²) in [6, 6.07) is 0. The largest absolute Gasteiger partial charge is 0.493 e. The summed E-state index contributed by atoms with van der Waals surface area (Å²) in [6.07, 6.45) is 7.74. The Bertz CT molecular complexity index is 605. The van der Waals surface area contributed by atoms with Crippen molar-refractivity contribution in [3.05, 3.63) is 24.0 Å². The SMILES string of the molecule is C=C1CCC2C(C)(C(=O)O)CCCC2(C)C1CCC1=COCC1=O. The highest BCUT2D eigenvalue weighted by Gasteiger charge is 2.57. The van der Waals surface area contributed by atoms with E-state index >= 15 is 0 Å². The number of carbonyl (C=O) groups is 2. The van der Waals surface area contributed by atoms with Crippen LogP contribution in [0.25, 0.3) is 0 Å². The van der Waals surface area contributed by atoms with E-state index in [0.29, 0.717) is 6.42 Å². The summed E-state index contributed by atoms with van der Waals surface area (Å²) < 4.78 is 5.12. The third-order valence-corrected chi connectivity index (χ3v) is 7.01. The fourth-order valence-corrected chi connectivity index (χ4v) is 5.61. The first-order chi connectivity index (χ1) is 11.3. The predicted molar refractivity (Wildman–Crippen MR) is 91.3 cm³/mol. The Hall–Kier alpha value is -1.58. The maximum atomic E-state index is 12.0. The van der Waals surface area contributed by atoms with Crippen molar-refractivity contribution in [3.8, 4) is 0 Å². The van der Waals surface area contributed by atoms with Gasteiger partial charge in [0.05, 0.1) is 11.7 Å². The highest BCUT2D eigenvalue weighted by molar-refractivity contribution is 5.97. The van der Waals surface area contributed by atoms with Gasteiger partial charge in [0.2, 0.25) is 0 Å². The fourth-order valence-electron chi connectivity index (χ4n) is 5.61. The Morgan fingerprint density at radius 3 is 2.79 bits per heavy atom. The van der Waals surface area contributed by atoms with Crippen molar-refractivity contribution in [1.29, 1.82) is 0 Å². The number of carbonyl (C=O) groups excluding carboxylic acids is 1. The first-order valence-electron chi connectivity index (χ1n) is 9.04. The molecule has 4 atom stereocenters. The smallest absolute Gasteiger partial charge is 0.309 e. The number of carboxylic acid groups (broad SMARTS) is 1. The van der Waals surface area contributed by atoms with E-state index in [2.05, 4.69) is 13.5 Å². The molecule has 1 aliphatic heterocycles. The average Bonchev–Trinajstić information content (AvgIpc) is 2.91. The van der Waals surface area contributed by atoms with Crippen molar-refractivity contribution in [1.82, 2.24) is 0 Å². The summed E-state index contributed by atoms with van der Waals surface area (Å²) in [5, 5.41) is 9.85. The van der Waals surface area contributed by atoms with E-state index in [1.54, 1.807) is 6.26 Å². The minimum Gasteiger partial charge on any atom is -0.493 e. The predicted octanol–water partition coefficient (Wildman–Crippen LogP) is 4.11. The van der Waals surface area contributed by atoms with E-state index < -0.39 is 11.4 Å². The van der Waals surface area contributed by atoms with Crippen LogP contribution in [0.3, 0.4) is 0 Å². The molecule has 1 heterocycles. The van der Waals surface area contributed by atoms with Gasteiger partial charge in [-0.3, -0.25) is 9.59 Å². The lowest BCUT2D eigenvalue weighted by Gasteiger charge is -2.57. The second kappa shape index (κ2) is 6.05. The molecule has 0 amide bonds. The van der Waals surface area contributed by atoms with E-state index in [-0.39, 0.29) is 29.6 Å². The summed E-state index contributed by atoms with van der Waals surface area (Å²) in [7, 11) is 0. The van der Waals surface area contributed by atoms with Crippen LogP contribution in [0.4, 0.5) is 0 Å². The van der Waals surface area contributed by atoms with Crippen molar-refractivity contribution in [3.63, 3.8) is 0 Å². The van der Waals surface area contributed by atoms with E-state index in [1.165, 1.54) is 5.57 Å². The lowest BCUT2D eigenvalue weighted by Crippen LogP contribution is -2.53. The van der Waals surface area contributed by atoms with Crippen molar-refractivity contribution in [2.75, 3.05) is 6.61 Å². The van der Waals surface area contributed by atoms with Crippen molar-refractivity contribution < 1.29 is 19.4 Å². The van der Waals surface area contributed by atoms with E-state index in [1.807, 2.05) is 6.92 Å². The first kappa shape index (κ1) is 17.2. The molecule has 2 fully saturated rings. The van der Waals surface area contributed by atoms with Crippen LogP contribution in [0.5, 0.6) is 0 Å². The molecule has 4 nitrogen and oxygen atoms in total. The average molecular weight is 332 g/mol. The molecule has 0 aromatic heterocycles. The summed E-state index contributed by atoms with van der Waals surface area (Å²) >= 11 is 0. The maximum Gasteiger partial charge on any atom is 0.309 e. The minimum atomic E-state index is -0.660. The van der Waals surface area contributed by atoms with Gasteiger partial charge in [-0.25, -0.2) is 0 Å². The van der Waals surface area contributed by atoms with Crippen LogP contribution in [0.15, 0.2) is 24.0 Å². The number of hydrogen-bond acceptors (Lipinski definition) is 3. The topological polar surface area (TPSA) is 63.6 Å². The number of rotatable bonds is 4. The van der Waals surface area contributed by atoms with Gasteiger partial charge in [0, 0.05) is 5.57 Å². The van der Waals surface area contributed by atoms with Gasteiger partial charge in [0.1, 0.15) is 6.61 Å². The molecule has 2 saturated carbocycles. The molecule has 0 aromatic carbocycles. The van der Waals surface area contributed by atoms with Gasteiger partial charge in [-0.1, -0.05) is 25.5 Å². The third-order valence-electron chi connectivity index (χ3n) is 7.01. The molecule has 4 heteroatoms. The molecule has 132 valence electrons. The quantitative estimate of drug-likeness (QED) is 0.787. The van der Waals surface area contributed by atoms with Crippen LogP contribution >= 0.6 is 0 Å². The molecule has 0 spiro atoms. The third kappa shape index (κ3) is 2.60. The highest BCUT2D eigenvalue weighted by atomic mass is 16.5. The number of hydrogen-bond donors (Lipinski definition) is 1. The van der Waals surface area contributed by atoms with Gasteiger partial charge in [-0.05, 0) is 62.7 Å². The van der Waals surface area contributed by atoms with Crippen LogP contribution in [-0.2, 0) is 14.3 Å². The normalized spacial score (nSPS) is 39.2. The van der Waals surface area contributed by atoms with Gasteiger partial charge in [-0.2, -0.15) is 0 Å². The highest BCUT2D eigenvalue weighted by Crippen LogP contribution is 2.62. The molecule has 4 unspecified atom stereocenters. The summed E-state index contributed by atoms with van der Waals surface area (Å²) in [4.78, 5) is 23.8. The Morgan fingerprint density at radius 2 is 2.17 bits per heavy atom. The molecule has 0 radical (unpaired) electrons. The number of allylic oxidation sites excluding steroid dienone is 1. The number of ketones is 1. The first-order valence-corrected chi connectivity index (χ1v) is 9.04. The van der Waals surface area contributed by atoms with Crippen molar-refractivity contribution in [2.45, 2.75) is 58.8 Å². The van der Waals surface area contributed by atoms with Gasteiger partial charge in [0.15, 0.2) is 5.78 Å². The van der Waals surface area contributed by atoms with Gasteiger partial charge >= 0.3 is 5.97 Å². The van der Waals surface area contributed by atoms with Crippen LogP contribution in [0.1, 0.15) is 58.8 Å². The summed E-state index contributed by atoms with van der Waals surface area (Å²) in [5.41, 5.74) is 1.32. The minimum absolute atomic E-state index is 0.0379. The second-order valence-electron chi connectivity index (χ2n) is 8.30. The molecular weight excluding hydrogens is 304 g/mol. The number of fused-ring (bicyclic) bond motifs is 1. The zero-order valence-corrected chi connectivity index (χ0v) is 14.8. The number of carboxylic acids is 1. The van der Waals surface area contributed by atoms with Crippen molar-refractivity contribution in [2.24, 2.45) is 22.7 Å². The van der Waals surface area contributed by atoms with Crippen LogP contribution < -0.4 is 0 Å². The Labute approximate surface area is 144 Å². The van der Waals surface area contributed by atoms with Gasteiger partial charge < -0.3 is 9.84 Å². The Balaban J connectivity index is 1.83. The van der Waals surface area contributed by atoms with Gasteiger partial charge in [-0.15, -0.1) is 0 Å². The van der Waals surface area contributed by atoms with Crippen LogP contribution in [0, 0.1) is 22.7 Å². The molecule has 0 saturated heterocycles. The van der Waals surface area contributed by atoms with Crippen molar-refractivity contribution >= 4 is 11.8 Å². The number of aliphatic carboxylic acids is 1. The molecule has 24 heavy (non-hydrogen) atoms. The Kier molecular flexibility index (Phi) is 4.35. The fraction of sp³-hybridized carbons (Fsp3) is 0.700. The summed E-state index contributed by atoms with van der Waals surface area (Å²) in [5.74, 6) is -0.121. The molecule has 0 aromatic rings. The van der Waals surface area contributed by atoms with Gasteiger partial charge in [0.25, 0.3) is 0 Å². The lowest BCUT2D eigenvalue weighted by atomic mass is 9.46. The zero-order chi connectivity index (χ0) is 17.5. The number of ether oxygens (including phenoxy) is 1. The lowest BCUT2D eigenvalue weighted by molar-refractivity contribution is -0.164. The molecule has 0 bridgehead atoms. The standard InChI is InChI=1S/C20H28O4/c1-13-5-8-17-19(2,9-4-10-20(17,3)18(22)23)15(13)7-6-14-11-24-12-16(14)21/h11,15,17H,1,4-10,12H2,2-3H3,(H,22,23). The van der Waals surface area contributed by atoms with Crippen LogP contribution in [-0.4, -0.2) is 23.5 Å². The molecular formula is C20H28O4. The Morgan fingerprint density at radius 1 is 1.42 bits per heavy atom. The van der Waals surface area contributed by atoms with Crippen LogP contribution in [0.2, 0.25) is 0 Å². The molecule has 3 rings (SSSR count). The van der Waals surface area contributed by atoms with E-state index in [0.717, 1.165) is 44.1 Å². The van der Waals surface area contributed by atoms with E-state index in [9.17, 15) is 14.7 Å². The molecule has 2 aliphatic carbocycles. The molecule has 3 aliphatic rings. The molecule has 1 N–H and O–H groups in total. The monoisotopic (exact) mass is 332 g/mol. The van der Waals surface area contributed by atoms with E-state index in [4.69, 9.17) is 4.74 Å². The number of Topliss-reactive ketones (excluding diaryl/α,β-unsaturated/α-hetero) is 1. The zero-order valence-electron chi connectivity index (χ0n) is 14.8. The summed E-state index contributed by atoms with van der Waals surface area (Å²) in [6.45, 7) is 8.66. The maximum absolute atomic E-state index is 12.0. The second-order valence-corrected chi connectivity index (χ2v) is 8.30.